The molecular formula is C57H105NO5. The number of carbonyl (C=O) groups is 2. The van der Waals surface area contributed by atoms with Crippen LogP contribution in [0.3, 0.4) is 0 Å². The highest BCUT2D eigenvalue weighted by Crippen LogP contribution is 2.18. The first-order valence-corrected chi connectivity index (χ1v) is 27.4. The Kier molecular flexibility index (Phi) is 49.1. The molecule has 0 saturated carbocycles. The average molecular weight is 884 g/mol. The van der Waals surface area contributed by atoms with Gasteiger partial charge in [0.15, 0.2) is 0 Å². The van der Waals surface area contributed by atoms with Crippen LogP contribution in [-0.2, 0) is 14.3 Å². The Morgan fingerprint density at radius 2 is 0.873 bits per heavy atom. The quantitative estimate of drug-likeness (QED) is 0.0245. The third kappa shape index (κ3) is 46.2. The number of aliphatic hydroxyl groups excluding tert-OH is 2. The van der Waals surface area contributed by atoms with Crippen molar-refractivity contribution in [3.05, 3.63) is 48.6 Å². The van der Waals surface area contributed by atoms with Gasteiger partial charge < -0.3 is 20.3 Å². The molecule has 368 valence electrons. The Labute approximate surface area is 391 Å². The van der Waals surface area contributed by atoms with Gasteiger partial charge in [0.1, 0.15) is 6.10 Å². The Morgan fingerprint density at radius 3 is 1.33 bits per heavy atom. The monoisotopic (exact) mass is 884 g/mol. The summed E-state index contributed by atoms with van der Waals surface area (Å²) >= 11 is 0. The molecule has 6 nitrogen and oxygen atoms in total. The van der Waals surface area contributed by atoms with Gasteiger partial charge in [-0.15, -0.1) is 0 Å². The topological polar surface area (TPSA) is 95.9 Å². The van der Waals surface area contributed by atoms with Crippen LogP contribution >= 0.6 is 0 Å². The molecule has 0 aliphatic carbocycles. The Morgan fingerprint density at radius 1 is 0.476 bits per heavy atom. The lowest BCUT2D eigenvalue weighted by Gasteiger charge is -2.24. The second-order valence-corrected chi connectivity index (χ2v) is 18.7. The van der Waals surface area contributed by atoms with E-state index in [0.717, 1.165) is 83.5 Å². The van der Waals surface area contributed by atoms with Crippen molar-refractivity contribution in [2.75, 3.05) is 6.61 Å². The molecule has 3 atom stereocenters. The SMILES string of the molecule is CC/C=C/C=C/C=C/CCCCCCCC(CC(=O)NC(CO)C(O)CCCCCCCCCCCCCC)OC(=O)CCCCCCCCCCC/C=C/CCCCCCCC. The first-order valence-electron chi connectivity index (χ1n) is 27.4. The molecule has 0 bridgehead atoms. The van der Waals surface area contributed by atoms with Crippen molar-refractivity contribution < 1.29 is 24.5 Å². The predicted molar refractivity (Wildman–Crippen MR) is 273 cm³/mol. The second kappa shape index (κ2) is 50.8. The number of allylic oxidation sites excluding steroid dienone is 8. The second-order valence-electron chi connectivity index (χ2n) is 18.7. The first kappa shape index (κ1) is 60.8. The predicted octanol–water partition coefficient (Wildman–Crippen LogP) is 16.6. The van der Waals surface area contributed by atoms with Crippen LogP contribution in [0.4, 0.5) is 0 Å². The largest absolute Gasteiger partial charge is 0.462 e. The molecule has 0 rings (SSSR count). The summed E-state index contributed by atoms with van der Waals surface area (Å²) in [6.07, 6.45) is 61.8. The van der Waals surface area contributed by atoms with Crippen molar-refractivity contribution in [2.45, 2.75) is 296 Å². The maximum atomic E-state index is 13.2. The van der Waals surface area contributed by atoms with Crippen molar-refractivity contribution in [3.8, 4) is 0 Å². The summed E-state index contributed by atoms with van der Waals surface area (Å²) in [5.74, 6) is -0.489. The Hall–Kier alpha value is -2.18. The van der Waals surface area contributed by atoms with Crippen LogP contribution < -0.4 is 5.32 Å². The van der Waals surface area contributed by atoms with Gasteiger partial charge in [0.05, 0.1) is 25.2 Å². The molecule has 0 aliphatic rings. The van der Waals surface area contributed by atoms with Crippen molar-refractivity contribution in [1.82, 2.24) is 5.32 Å². The number of nitrogens with one attached hydrogen (secondary N) is 1. The number of unbranched alkanes of at least 4 members (excludes halogenated alkanes) is 31. The van der Waals surface area contributed by atoms with Gasteiger partial charge >= 0.3 is 5.97 Å². The fraction of sp³-hybridized carbons (Fsp3) is 0.825. The van der Waals surface area contributed by atoms with Crippen LogP contribution in [0.25, 0.3) is 0 Å². The van der Waals surface area contributed by atoms with Crippen LogP contribution in [-0.4, -0.2) is 46.9 Å². The summed E-state index contributed by atoms with van der Waals surface area (Å²) in [7, 11) is 0. The zero-order valence-electron chi connectivity index (χ0n) is 42.0. The van der Waals surface area contributed by atoms with Crippen molar-refractivity contribution in [2.24, 2.45) is 0 Å². The van der Waals surface area contributed by atoms with E-state index < -0.39 is 18.2 Å². The number of rotatable bonds is 49. The minimum atomic E-state index is -0.793. The molecule has 0 aromatic carbocycles. The van der Waals surface area contributed by atoms with E-state index in [2.05, 4.69) is 74.7 Å². The third-order valence-electron chi connectivity index (χ3n) is 12.5. The highest BCUT2D eigenvalue weighted by Gasteiger charge is 2.24. The lowest BCUT2D eigenvalue weighted by Crippen LogP contribution is -2.46. The Balaban J connectivity index is 4.52. The van der Waals surface area contributed by atoms with Gasteiger partial charge in [-0.1, -0.05) is 243 Å². The zero-order valence-corrected chi connectivity index (χ0v) is 42.0. The molecule has 0 saturated heterocycles. The van der Waals surface area contributed by atoms with Gasteiger partial charge in [-0.2, -0.15) is 0 Å². The van der Waals surface area contributed by atoms with Gasteiger partial charge in [-0.25, -0.2) is 0 Å². The third-order valence-corrected chi connectivity index (χ3v) is 12.5. The summed E-state index contributed by atoms with van der Waals surface area (Å²) in [4.78, 5) is 26.2. The summed E-state index contributed by atoms with van der Waals surface area (Å²) in [5, 5.41) is 23.8. The van der Waals surface area contributed by atoms with Crippen LogP contribution in [0.1, 0.15) is 278 Å². The van der Waals surface area contributed by atoms with Crippen LogP contribution in [0.2, 0.25) is 0 Å². The minimum absolute atomic E-state index is 0.0643. The summed E-state index contributed by atoms with van der Waals surface area (Å²) in [6.45, 7) is 6.36. The number of hydrogen-bond donors (Lipinski definition) is 3. The molecule has 1 amide bonds. The maximum Gasteiger partial charge on any atom is 0.306 e. The first-order chi connectivity index (χ1) is 31.0. The van der Waals surface area contributed by atoms with Crippen molar-refractivity contribution >= 4 is 11.9 Å². The van der Waals surface area contributed by atoms with E-state index in [9.17, 15) is 19.8 Å². The van der Waals surface area contributed by atoms with E-state index in [-0.39, 0.29) is 24.9 Å². The van der Waals surface area contributed by atoms with Gasteiger partial charge in [0.25, 0.3) is 0 Å². The van der Waals surface area contributed by atoms with E-state index >= 15 is 0 Å². The molecule has 0 spiro atoms. The molecule has 63 heavy (non-hydrogen) atoms. The molecule has 0 heterocycles. The highest BCUT2D eigenvalue weighted by atomic mass is 16.5. The van der Waals surface area contributed by atoms with Gasteiger partial charge in [-0.05, 0) is 70.6 Å². The molecule has 3 N–H and O–H groups in total. The fourth-order valence-electron chi connectivity index (χ4n) is 8.31. The van der Waals surface area contributed by atoms with E-state index in [4.69, 9.17) is 4.74 Å². The molecule has 3 unspecified atom stereocenters. The molecule has 0 radical (unpaired) electrons. The van der Waals surface area contributed by atoms with Crippen LogP contribution in [0, 0.1) is 0 Å². The number of esters is 1. The number of ether oxygens (including phenoxy) is 1. The zero-order chi connectivity index (χ0) is 45.9. The average Bonchev–Trinajstić information content (AvgIpc) is 3.28. The number of amides is 1. The normalized spacial score (nSPS) is 13.5. The molecular weight excluding hydrogens is 779 g/mol. The van der Waals surface area contributed by atoms with Crippen LogP contribution in [0.5, 0.6) is 0 Å². The number of hydrogen-bond acceptors (Lipinski definition) is 5. The van der Waals surface area contributed by atoms with Crippen molar-refractivity contribution in [1.29, 1.82) is 0 Å². The van der Waals surface area contributed by atoms with E-state index in [1.165, 1.54) is 148 Å². The lowest BCUT2D eigenvalue weighted by molar-refractivity contribution is -0.151. The molecule has 0 aromatic heterocycles. The van der Waals surface area contributed by atoms with Gasteiger partial charge in [0, 0.05) is 6.42 Å². The van der Waals surface area contributed by atoms with Crippen molar-refractivity contribution in [3.63, 3.8) is 0 Å². The summed E-state index contributed by atoms with van der Waals surface area (Å²) < 4.78 is 5.94. The smallest absolute Gasteiger partial charge is 0.306 e. The van der Waals surface area contributed by atoms with Crippen LogP contribution in [0.15, 0.2) is 48.6 Å². The molecule has 0 aromatic rings. The van der Waals surface area contributed by atoms with E-state index in [1.807, 2.05) is 0 Å². The molecule has 0 aliphatic heterocycles. The number of aliphatic hydroxyl groups is 2. The summed E-state index contributed by atoms with van der Waals surface area (Å²) in [6, 6.07) is -0.708. The van der Waals surface area contributed by atoms with E-state index in [0.29, 0.717) is 19.3 Å². The Bertz CT molecular complexity index is 1080. The molecule has 0 fully saturated rings. The van der Waals surface area contributed by atoms with E-state index in [1.54, 1.807) is 0 Å². The van der Waals surface area contributed by atoms with Gasteiger partial charge in [-0.3, -0.25) is 9.59 Å². The molecule has 6 heteroatoms. The standard InChI is InChI=1S/C57H105NO5/c1-4-7-10-13-16-19-22-25-26-27-28-29-30-32-35-38-41-44-47-50-57(62)63-53(48-45-42-39-36-33-31-23-20-17-14-11-8-5-2)51-56(61)58-54(52-59)55(60)49-46-43-40-37-34-24-21-18-15-12-9-6-3/h8,11,14,17,20,23,25-26,53-55,59-60H,4-7,9-10,12-13,15-16,18-19,21-22,24,27-52H2,1-3H3,(H,58,61)/b11-8+,17-14+,23-20+,26-25+. The number of carbonyl (C=O) groups excluding carboxylic acids is 2. The lowest BCUT2D eigenvalue weighted by atomic mass is 10.0. The minimum Gasteiger partial charge on any atom is -0.462 e. The highest BCUT2D eigenvalue weighted by molar-refractivity contribution is 5.77. The fourth-order valence-corrected chi connectivity index (χ4v) is 8.31. The van der Waals surface area contributed by atoms with Gasteiger partial charge in [0.2, 0.25) is 5.91 Å². The summed E-state index contributed by atoms with van der Waals surface area (Å²) in [5.41, 5.74) is 0. The maximum absolute atomic E-state index is 13.2.